The van der Waals surface area contributed by atoms with Gasteiger partial charge in [0.05, 0.1) is 0 Å². The van der Waals surface area contributed by atoms with Gasteiger partial charge in [-0.1, -0.05) is 40.0 Å². The second kappa shape index (κ2) is 3.62. The number of hydrogen-bond acceptors (Lipinski definition) is 0. The first-order chi connectivity index (χ1) is 6.22. The van der Waals surface area contributed by atoms with Gasteiger partial charge >= 0.3 is 0 Å². The molecule has 1 saturated carbocycles. The molecule has 0 aromatic rings. The van der Waals surface area contributed by atoms with Gasteiger partial charge in [0.2, 0.25) is 0 Å². The van der Waals surface area contributed by atoms with E-state index in [1.54, 1.807) is 0 Å². The monoisotopic (exact) mass is 258 g/mol. The van der Waals surface area contributed by atoms with Gasteiger partial charge in [-0.2, -0.15) is 0 Å². The molecule has 0 aromatic carbocycles. The van der Waals surface area contributed by atoms with Crippen LogP contribution in [0.5, 0.6) is 0 Å². The quantitative estimate of drug-likeness (QED) is 0.649. The molecule has 13 heavy (non-hydrogen) atoms. The van der Waals surface area contributed by atoms with Crippen LogP contribution in [0.15, 0.2) is 32.8 Å². The van der Waals surface area contributed by atoms with Crippen LogP contribution in [0.4, 0.5) is 0 Å². The molecule has 0 N–H and O–H groups in total. The number of hydrogen-bond donors (Lipinski definition) is 0. The molecule has 0 bridgehead atoms. The van der Waals surface area contributed by atoms with Crippen LogP contribution in [0, 0.1) is 5.92 Å². The van der Waals surface area contributed by atoms with Gasteiger partial charge in [-0.15, -0.1) is 0 Å². The van der Waals surface area contributed by atoms with E-state index >= 15 is 0 Å². The van der Waals surface area contributed by atoms with Crippen molar-refractivity contribution in [2.75, 3.05) is 0 Å². The van der Waals surface area contributed by atoms with E-state index in [1.807, 2.05) is 6.08 Å². The number of rotatable bonds is 1. The SMILES string of the molecule is CC/C1=C(Br)/C=C\C(Cl)=C2/CC2C1. The van der Waals surface area contributed by atoms with Crippen molar-refractivity contribution in [3.05, 3.63) is 32.8 Å². The first-order valence-electron chi connectivity index (χ1n) is 4.66. The molecule has 0 aliphatic heterocycles. The summed E-state index contributed by atoms with van der Waals surface area (Å²) in [5, 5.41) is 0.956. The van der Waals surface area contributed by atoms with E-state index in [4.69, 9.17) is 11.6 Å². The normalized spacial score (nSPS) is 40.7. The molecule has 0 saturated heterocycles. The van der Waals surface area contributed by atoms with Crippen molar-refractivity contribution in [3.63, 3.8) is 0 Å². The van der Waals surface area contributed by atoms with Gasteiger partial charge in [-0.3, -0.25) is 0 Å². The minimum absolute atomic E-state index is 0.736. The molecule has 0 radical (unpaired) electrons. The van der Waals surface area contributed by atoms with Crippen molar-refractivity contribution in [3.8, 4) is 0 Å². The third-order valence-corrected chi connectivity index (χ3v) is 3.93. The van der Waals surface area contributed by atoms with E-state index in [0.29, 0.717) is 0 Å². The molecule has 2 rings (SSSR count). The van der Waals surface area contributed by atoms with E-state index in [9.17, 15) is 0 Å². The average molecular weight is 260 g/mol. The Hall–Kier alpha value is -0.0100. The Morgan fingerprint density at radius 1 is 1.46 bits per heavy atom. The molecule has 2 heteroatoms. The molecule has 0 aromatic heterocycles. The van der Waals surface area contributed by atoms with Crippen LogP contribution in [0.25, 0.3) is 0 Å². The van der Waals surface area contributed by atoms with Crippen LogP contribution in [-0.4, -0.2) is 0 Å². The molecule has 1 atom stereocenters. The van der Waals surface area contributed by atoms with Crippen LogP contribution >= 0.6 is 27.5 Å². The summed E-state index contributed by atoms with van der Waals surface area (Å²) in [5.74, 6) is 0.736. The van der Waals surface area contributed by atoms with E-state index in [2.05, 4.69) is 28.9 Å². The van der Waals surface area contributed by atoms with Crippen LogP contribution in [0.2, 0.25) is 0 Å². The second-order valence-electron chi connectivity index (χ2n) is 3.62. The first kappa shape index (κ1) is 9.54. The molecule has 0 spiro atoms. The lowest BCUT2D eigenvalue weighted by Crippen LogP contribution is -1.88. The maximum atomic E-state index is 6.09. The highest BCUT2D eigenvalue weighted by atomic mass is 79.9. The highest BCUT2D eigenvalue weighted by Gasteiger charge is 2.33. The zero-order valence-corrected chi connectivity index (χ0v) is 9.95. The fourth-order valence-corrected chi connectivity index (χ4v) is 2.64. The highest BCUT2D eigenvalue weighted by Crippen LogP contribution is 2.48. The molecular weight excluding hydrogens is 247 g/mol. The van der Waals surface area contributed by atoms with Gasteiger partial charge in [-0.05, 0) is 42.9 Å². The average Bonchev–Trinajstić information content (AvgIpc) is 2.87. The molecule has 2 aliphatic rings. The van der Waals surface area contributed by atoms with E-state index < -0.39 is 0 Å². The Balaban J connectivity index is 2.31. The lowest BCUT2D eigenvalue weighted by atomic mass is 10.0. The largest absolute Gasteiger partial charge is 0.0844 e. The highest BCUT2D eigenvalue weighted by molar-refractivity contribution is 9.11. The maximum absolute atomic E-state index is 6.09. The van der Waals surface area contributed by atoms with Gasteiger partial charge in [0, 0.05) is 9.51 Å². The Labute approximate surface area is 92.5 Å². The molecule has 0 nitrogen and oxygen atoms in total. The Kier molecular flexibility index (Phi) is 2.66. The summed E-state index contributed by atoms with van der Waals surface area (Å²) in [7, 11) is 0. The maximum Gasteiger partial charge on any atom is 0.0401 e. The van der Waals surface area contributed by atoms with Gasteiger partial charge in [0.1, 0.15) is 0 Å². The minimum atomic E-state index is 0.736. The Morgan fingerprint density at radius 2 is 2.23 bits per heavy atom. The fourth-order valence-electron chi connectivity index (χ4n) is 1.77. The molecule has 1 fully saturated rings. The molecule has 2 aliphatic carbocycles. The Morgan fingerprint density at radius 3 is 2.92 bits per heavy atom. The van der Waals surface area contributed by atoms with Crippen molar-refractivity contribution in [1.29, 1.82) is 0 Å². The topological polar surface area (TPSA) is 0 Å². The fraction of sp³-hybridized carbons (Fsp3) is 0.455. The Bertz CT molecular complexity index is 323. The molecule has 1 unspecified atom stereocenters. The van der Waals surface area contributed by atoms with Gasteiger partial charge in [0.25, 0.3) is 0 Å². The molecular formula is C11H12BrCl. The van der Waals surface area contributed by atoms with Crippen LogP contribution in [0.1, 0.15) is 26.2 Å². The van der Waals surface area contributed by atoms with Gasteiger partial charge < -0.3 is 0 Å². The summed E-state index contributed by atoms with van der Waals surface area (Å²) in [6.45, 7) is 2.21. The summed E-state index contributed by atoms with van der Waals surface area (Å²) in [5.41, 5.74) is 2.96. The predicted molar refractivity (Wildman–Crippen MR) is 61.0 cm³/mol. The molecule has 0 heterocycles. The zero-order chi connectivity index (χ0) is 9.42. The lowest BCUT2D eigenvalue weighted by Gasteiger charge is -2.06. The summed E-state index contributed by atoms with van der Waals surface area (Å²) in [6, 6.07) is 0. The summed E-state index contributed by atoms with van der Waals surface area (Å²) in [4.78, 5) is 0. The first-order valence-corrected chi connectivity index (χ1v) is 5.83. The standard InChI is InChI=1S/C11H12BrCl/c1-2-7-5-8-6-9(8)11(13)4-3-10(7)12/h3-4,8H,2,5-6H2,1H3/b4-3-,10-7+,11-9-. The van der Waals surface area contributed by atoms with Gasteiger partial charge in [0.15, 0.2) is 0 Å². The van der Waals surface area contributed by atoms with E-state index in [1.165, 1.54) is 28.5 Å². The van der Waals surface area contributed by atoms with Crippen molar-refractivity contribution < 1.29 is 0 Å². The third-order valence-electron chi connectivity index (χ3n) is 2.74. The summed E-state index contributed by atoms with van der Waals surface area (Å²) < 4.78 is 1.22. The van der Waals surface area contributed by atoms with Gasteiger partial charge in [-0.25, -0.2) is 0 Å². The van der Waals surface area contributed by atoms with E-state index in [0.717, 1.165) is 17.4 Å². The number of allylic oxidation sites excluding steroid dienone is 6. The van der Waals surface area contributed by atoms with Crippen molar-refractivity contribution in [1.82, 2.24) is 0 Å². The zero-order valence-electron chi connectivity index (χ0n) is 7.61. The smallest absolute Gasteiger partial charge is 0.0401 e. The van der Waals surface area contributed by atoms with Crippen LogP contribution < -0.4 is 0 Å². The lowest BCUT2D eigenvalue weighted by molar-refractivity contribution is 0.808. The van der Waals surface area contributed by atoms with Crippen molar-refractivity contribution >= 4 is 27.5 Å². The number of fused-ring (bicyclic) bond motifs is 1. The van der Waals surface area contributed by atoms with E-state index in [-0.39, 0.29) is 0 Å². The minimum Gasteiger partial charge on any atom is -0.0844 e. The van der Waals surface area contributed by atoms with Crippen molar-refractivity contribution in [2.24, 2.45) is 5.92 Å². The molecule has 0 amide bonds. The number of halogens is 2. The summed E-state index contributed by atoms with van der Waals surface area (Å²) >= 11 is 9.68. The van der Waals surface area contributed by atoms with Crippen molar-refractivity contribution in [2.45, 2.75) is 26.2 Å². The summed E-state index contributed by atoms with van der Waals surface area (Å²) in [6.07, 6.45) is 7.60. The third kappa shape index (κ3) is 1.92. The van der Waals surface area contributed by atoms with Crippen LogP contribution in [-0.2, 0) is 0 Å². The predicted octanol–water partition coefficient (Wildman–Crippen LogP) is 4.52. The molecule has 70 valence electrons. The second-order valence-corrected chi connectivity index (χ2v) is 4.88. The van der Waals surface area contributed by atoms with Crippen LogP contribution in [0.3, 0.4) is 0 Å².